The molecular weight excluding hydrogens is 379 g/mol. The summed E-state index contributed by atoms with van der Waals surface area (Å²) in [5.74, 6) is -6.27. The van der Waals surface area contributed by atoms with E-state index < -0.39 is 41.6 Å². The summed E-state index contributed by atoms with van der Waals surface area (Å²) in [6.45, 7) is -0.710. The zero-order valence-corrected chi connectivity index (χ0v) is 13.0. The Morgan fingerprint density at radius 3 is 2.43 bits per heavy atom. The largest absolute Gasteiger partial charge is 0.452 e. The Morgan fingerprint density at radius 1 is 1.04 bits per heavy atom. The molecule has 0 aromatic heterocycles. The van der Waals surface area contributed by atoms with Crippen molar-refractivity contribution in [3.63, 3.8) is 0 Å². The Hall–Kier alpha value is -2.35. The number of hydrogen-bond donors (Lipinski definition) is 1. The normalized spacial score (nSPS) is 10.3. The quantitative estimate of drug-likeness (QED) is 0.643. The maximum atomic E-state index is 13.4. The smallest absolute Gasteiger partial charge is 0.339 e. The average molecular weight is 388 g/mol. The molecule has 0 aliphatic heterocycles. The number of benzene rings is 2. The molecule has 0 aliphatic carbocycles. The predicted octanol–water partition coefficient (Wildman–Crippen LogP) is 3.66. The molecule has 2 aromatic carbocycles. The second-order valence-corrected chi connectivity index (χ2v) is 5.18. The third kappa shape index (κ3) is 4.10. The summed E-state index contributed by atoms with van der Waals surface area (Å²) in [5, 5.41) is 1.99. The summed E-state index contributed by atoms with van der Waals surface area (Å²) in [6.07, 6.45) is 0. The molecule has 4 nitrogen and oxygen atoms in total. The van der Waals surface area contributed by atoms with Crippen LogP contribution in [0, 0.1) is 17.5 Å². The van der Waals surface area contributed by atoms with Crippen molar-refractivity contribution in [3.8, 4) is 0 Å². The van der Waals surface area contributed by atoms with E-state index in [2.05, 4.69) is 15.9 Å². The SMILES string of the molecule is O=C(COC(=O)c1ccccc1Br)Nc1ccc(F)c(F)c1F. The van der Waals surface area contributed by atoms with Crippen LogP contribution in [-0.2, 0) is 9.53 Å². The lowest BCUT2D eigenvalue weighted by molar-refractivity contribution is -0.119. The van der Waals surface area contributed by atoms with Crippen LogP contribution < -0.4 is 5.32 Å². The Bertz CT molecular complexity index is 768. The van der Waals surface area contributed by atoms with Gasteiger partial charge in [-0.3, -0.25) is 4.79 Å². The van der Waals surface area contributed by atoms with Gasteiger partial charge < -0.3 is 10.1 Å². The van der Waals surface area contributed by atoms with Gasteiger partial charge in [-0.25, -0.2) is 18.0 Å². The fraction of sp³-hybridized carbons (Fsp3) is 0.0667. The first-order valence-electron chi connectivity index (χ1n) is 6.25. The molecule has 2 rings (SSSR count). The number of ether oxygens (including phenoxy) is 1. The molecule has 0 saturated carbocycles. The van der Waals surface area contributed by atoms with Gasteiger partial charge >= 0.3 is 5.97 Å². The van der Waals surface area contributed by atoms with E-state index >= 15 is 0 Å². The van der Waals surface area contributed by atoms with Crippen molar-refractivity contribution in [1.82, 2.24) is 0 Å². The lowest BCUT2D eigenvalue weighted by Crippen LogP contribution is -2.22. The Labute approximate surface area is 137 Å². The zero-order chi connectivity index (χ0) is 17.0. The second kappa shape index (κ2) is 7.28. The van der Waals surface area contributed by atoms with Crippen molar-refractivity contribution in [2.24, 2.45) is 0 Å². The van der Waals surface area contributed by atoms with Crippen molar-refractivity contribution < 1.29 is 27.5 Å². The fourth-order valence-electron chi connectivity index (χ4n) is 1.64. The van der Waals surface area contributed by atoms with Gasteiger partial charge in [-0.15, -0.1) is 0 Å². The molecule has 0 fully saturated rings. The average Bonchev–Trinajstić information content (AvgIpc) is 2.53. The van der Waals surface area contributed by atoms with E-state index in [-0.39, 0.29) is 5.56 Å². The number of carbonyl (C=O) groups excluding carboxylic acids is 2. The van der Waals surface area contributed by atoms with E-state index in [9.17, 15) is 22.8 Å². The molecule has 1 N–H and O–H groups in total. The van der Waals surface area contributed by atoms with Crippen LogP contribution in [0.1, 0.15) is 10.4 Å². The van der Waals surface area contributed by atoms with Crippen LogP contribution in [0.15, 0.2) is 40.9 Å². The molecule has 0 unspecified atom stereocenters. The summed E-state index contributed by atoms with van der Waals surface area (Å²) < 4.78 is 44.4. The fourth-order valence-corrected chi connectivity index (χ4v) is 2.09. The van der Waals surface area contributed by atoms with E-state index in [1.807, 2.05) is 5.32 Å². The molecule has 120 valence electrons. The summed E-state index contributed by atoms with van der Waals surface area (Å²) in [5.41, 5.74) is -0.342. The van der Waals surface area contributed by atoms with Crippen LogP contribution in [0.5, 0.6) is 0 Å². The number of esters is 1. The summed E-state index contributed by atoms with van der Waals surface area (Å²) in [6, 6.07) is 7.94. The van der Waals surface area contributed by atoms with Crippen LogP contribution in [-0.4, -0.2) is 18.5 Å². The molecular formula is C15H9BrF3NO3. The van der Waals surface area contributed by atoms with Crippen LogP contribution in [0.2, 0.25) is 0 Å². The number of halogens is 4. The highest BCUT2D eigenvalue weighted by atomic mass is 79.9. The van der Waals surface area contributed by atoms with Gasteiger partial charge in [-0.1, -0.05) is 12.1 Å². The lowest BCUT2D eigenvalue weighted by atomic mass is 10.2. The summed E-state index contributed by atoms with van der Waals surface area (Å²) in [7, 11) is 0. The van der Waals surface area contributed by atoms with E-state index in [0.717, 1.165) is 6.07 Å². The van der Waals surface area contributed by atoms with E-state index in [4.69, 9.17) is 4.74 Å². The third-order valence-corrected chi connectivity index (χ3v) is 3.43. The highest BCUT2D eigenvalue weighted by molar-refractivity contribution is 9.10. The molecule has 1 amide bonds. The minimum Gasteiger partial charge on any atom is -0.452 e. The molecule has 8 heteroatoms. The number of rotatable bonds is 4. The molecule has 0 radical (unpaired) electrons. The first-order chi connectivity index (χ1) is 10.9. The van der Waals surface area contributed by atoms with Crippen LogP contribution in [0.3, 0.4) is 0 Å². The minimum absolute atomic E-state index is 0.208. The maximum absolute atomic E-state index is 13.4. The van der Waals surface area contributed by atoms with E-state index in [0.29, 0.717) is 10.5 Å². The molecule has 0 aliphatic rings. The Kier molecular flexibility index (Phi) is 5.38. The number of hydrogen-bond acceptors (Lipinski definition) is 3. The van der Waals surface area contributed by atoms with Crippen LogP contribution in [0.25, 0.3) is 0 Å². The number of nitrogens with one attached hydrogen (secondary N) is 1. The van der Waals surface area contributed by atoms with Crippen molar-refractivity contribution in [2.45, 2.75) is 0 Å². The van der Waals surface area contributed by atoms with Crippen molar-refractivity contribution in [2.75, 3.05) is 11.9 Å². The molecule has 0 saturated heterocycles. The van der Waals surface area contributed by atoms with Gasteiger partial charge in [0, 0.05) is 4.47 Å². The minimum atomic E-state index is -1.70. The zero-order valence-electron chi connectivity index (χ0n) is 11.4. The second-order valence-electron chi connectivity index (χ2n) is 4.33. The molecule has 0 spiro atoms. The topological polar surface area (TPSA) is 55.4 Å². The van der Waals surface area contributed by atoms with E-state index in [1.165, 1.54) is 6.07 Å². The highest BCUT2D eigenvalue weighted by Crippen LogP contribution is 2.20. The first-order valence-corrected chi connectivity index (χ1v) is 7.04. The van der Waals surface area contributed by atoms with Gasteiger partial charge in [0.2, 0.25) is 0 Å². The number of anilines is 1. The molecule has 0 atom stereocenters. The summed E-state index contributed by atoms with van der Waals surface area (Å²) in [4.78, 5) is 23.4. The lowest BCUT2D eigenvalue weighted by Gasteiger charge is -2.08. The summed E-state index contributed by atoms with van der Waals surface area (Å²) >= 11 is 3.15. The third-order valence-electron chi connectivity index (χ3n) is 2.74. The van der Waals surface area contributed by atoms with Gasteiger partial charge in [0.15, 0.2) is 24.1 Å². The van der Waals surface area contributed by atoms with Crippen molar-refractivity contribution in [1.29, 1.82) is 0 Å². The monoisotopic (exact) mass is 387 g/mol. The maximum Gasteiger partial charge on any atom is 0.339 e. The first kappa shape index (κ1) is 17.0. The predicted molar refractivity (Wildman–Crippen MR) is 79.4 cm³/mol. The van der Waals surface area contributed by atoms with Crippen molar-refractivity contribution in [3.05, 3.63) is 63.9 Å². The van der Waals surface area contributed by atoms with Crippen LogP contribution >= 0.6 is 15.9 Å². The van der Waals surface area contributed by atoms with E-state index in [1.54, 1.807) is 18.2 Å². The van der Waals surface area contributed by atoms with Crippen LogP contribution in [0.4, 0.5) is 18.9 Å². The standard InChI is InChI=1S/C15H9BrF3NO3/c16-9-4-2-1-3-8(9)15(22)23-7-12(21)20-11-6-5-10(17)13(18)14(11)19/h1-6H,7H2,(H,20,21). The Balaban J connectivity index is 1.97. The Morgan fingerprint density at radius 2 is 1.74 bits per heavy atom. The van der Waals surface area contributed by atoms with Gasteiger partial charge in [0.05, 0.1) is 11.3 Å². The van der Waals surface area contributed by atoms with Gasteiger partial charge in [-0.2, -0.15) is 0 Å². The van der Waals surface area contributed by atoms with Gasteiger partial charge in [-0.05, 0) is 40.2 Å². The van der Waals surface area contributed by atoms with Gasteiger partial charge in [0.25, 0.3) is 5.91 Å². The highest BCUT2D eigenvalue weighted by Gasteiger charge is 2.17. The molecule has 23 heavy (non-hydrogen) atoms. The molecule has 0 heterocycles. The molecule has 2 aromatic rings. The van der Waals surface area contributed by atoms with Gasteiger partial charge in [0.1, 0.15) is 0 Å². The number of carbonyl (C=O) groups is 2. The van der Waals surface area contributed by atoms with Crippen molar-refractivity contribution >= 4 is 33.5 Å². The number of amides is 1. The molecule has 0 bridgehead atoms.